The van der Waals surface area contributed by atoms with Crippen molar-refractivity contribution >= 4 is 32.3 Å². The number of rotatable bonds is 4. The number of amides is 1. The second-order valence-corrected chi connectivity index (χ2v) is 10.9. The average molecular weight is 505 g/mol. The minimum absolute atomic E-state index is 0.0796. The fourth-order valence-electron chi connectivity index (χ4n) is 3.70. The summed E-state index contributed by atoms with van der Waals surface area (Å²) in [6, 6.07) is 6.16. The van der Waals surface area contributed by atoms with Crippen molar-refractivity contribution in [2.45, 2.75) is 50.1 Å². The van der Waals surface area contributed by atoms with Crippen molar-refractivity contribution < 1.29 is 31.0 Å². The summed E-state index contributed by atoms with van der Waals surface area (Å²) in [6.45, 7) is 2.64. The summed E-state index contributed by atoms with van der Waals surface area (Å²) in [4.78, 5) is 15.0. The van der Waals surface area contributed by atoms with E-state index in [4.69, 9.17) is 0 Å². The Bertz CT molecular complexity index is 1210. The first-order chi connectivity index (χ1) is 15.7. The zero-order valence-electron chi connectivity index (χ0n) is 18.9. The minimum atomic E-state index is -4.86. The summed E-state index contributed by atoms with van der Waals surface area (Å²) < 4.78 is 80.8. The first-order valence-corrected chi connectivity index (χ1v) is 12.6. The Balaban J connectivity index is 2.05. The number of carbonyl (C=O) groups is 1. The average Bonchev–Trinajstić information content (AvgIpc) is 2.93. The lowest BCUT2D eigenvalue weighted by atomic mass is 10.1. The van der Waals surface area contributed by atoms with Crippen molar-refractivity contribution in [3.05, 3.63) is 41.1 Å². The smallest absolute Gasteiger partial charge is 0.354 e. The molecule has 1 amide bonds. The van der Waals surface area contributed by atoms with Crippen molar-refractivity contribution in [2.24, 2.45) is 0 Å². The summed E-state index contributed by atoms with van der Waals surface area (Å²) in [6.07, 6.45) is -4.14. The van der Waals surface area contributed by atoms with Crippen molar-refractivity contribution in [3.8, 4) is 0 Å². The fraction of sp³-hybridized carbons (Fsp3) is 0.455. The van der Waals surface area contributed by atoms with E-state index in [1.807, 2.05) is 0 Å². The van der Waals surface area contributed by atoms with E-state index in [9.17, 15) is 31.0 Å². The van der Waals surface area contributed by atoms with Gasteiger partial charge in [-0.1, -0.05) is 6.07 Å². The first kappa shape index (κ1) is 25.9. The SMILES string of the molecule is CC=[S@](C)(=O)c1cccc(NC(=O)c2c(N3CCCC(F)(F)CC3)nnc(C(F)(F)F)c2C)c1. The second-order valence-electron chi connectivity index (χ2n) is 8.19. The number of alkyl halides is 5. The van der Waals surface area contributed by atoms with Crippen LogP contribution in [0, 0.1) is 6.92 Å². The van der Waals surface area contributed by atoms with E-state index in [0.29, 0.717) is 4.90 Å². The van der Waals surface area contributed by atoms with Crippen LogP contribution in [0.25, 0.3) is 0 Å². The molecule has 3 rings (SSSR count). The number of nitrogens with one attached hydrogen (secondary N) is 1. The third kappa shape index (κ3) is 5.65. The molecule has 0 spiro atoms. The maximum Gasteiger partial charge on any atom is 0.435 e. The number of nitrogens with zero attached hydrogens (tertiary/aromatic N) is 3. The monoisotopic (exact) mass is 504 g/mol. The molecular formula is C22H25F5N4O2S. The van der Waals surface area contributed by atoms with E-state index in [2.05, 4.69) is 15.5 Å². The molecule has 1 aromatic heterocycles. The van der Waals surface area contributed by atoms with Crippen LogP contribution < -0.4 is 10.2 Å². The molecule has 1 atom stereocenters. The van der Waals surface area contributed by atoms with Gasteiger partial charge in [0.25, 0.3) is 5.91 Å². The molecule has 12 heteroatoms. The van der Waals surface area contributed by atoms with Crippen molar-refractivity contribution in [1.82, 2.24) is 10.2 Å². The summed E-state index contributed by atoms with van der Waals surface area (Å²) in [7, 11) is -2.47. The van der Waals surface area contributed by atoms with Gasteiger partial charge in [-0.3, -0.25) is 9.00 Å². The number of anilines is 2. The van der Waals surface area contributed by atoms with Crippen LogP contribution in [0.15, 0.2) is 29.2 Å². The van der Waals surface area contributed by atoms with Gasteiger partial charge in [-0.15, -0.1) is 10.2 Å². The minimum Gasteiger partial charge on any atom is -0.354 e. The molecule has 1 fully saturated rings. The van der Waals surface area contributed by atoms with Gasteiger partial charge in [0.05, 0.1) is 5.56 Å². The fourth-order valence-corrected chi connectivity index (χ4v) is 4.68. The topological polar surface area (TPSA) is 75.2 Å². The van der Waals surface area contributed by atoms with Crippen molar-refractivity contribution in [3.63, 3.8) is 0 Å². The van der Waals surface area contributed by atoms with Gasteiger partial charge in [0, 0.05) is 42.8 Å². The Hall–Kier alpha value is -2.76. The zero-order valence-corrected chi connectivity index (χ0v) is 19.7. The summed E-state index contributed by atoms with van der Waals surface area (Å²) in [5.74, 6) is -3.99. The molecule has 2 heterocycles. The predicted molar refractivity (Wildman–Crippen MR) is 121 cm³/mol. The summed E-state index contributed by atoms with van der Waals surface area (Å²) in [5, 5.41) is 11.0. The van der Waals surface area contributed by atoms with E-state index in [1.165, 1.54) is 28.7 Å². The molecule has 0 radical (unpaired) electrons. The molecule has 6 nitrogen and oxygen atoms in total. The largest absolute Gasteiger partial charge is 0.435 e. The van der Waals surface area contributed by atoms with Crippen LogP contribution in [-0.2, 0) is 15.7 Å². The lowest BCUT2D eigenvalue weighted by Crippen LogP contribution is -2.31. The molecular weight excluding hydrogens is 479 g/mol. The van der Waals surface area contributed by atoms with Gasteiger partial charge < -0.3 is 10.2 Å². The van der Waals surface area contributed by atoms with Crippen LogP contribution in [0.4, 0.5) is 33.5 Å². The van der Waals surface area contributed by atoms with Crippen LogP contribution in [0.3, 0.4) is 0 Å². The standard InChI is InChI=1S/C22H25F5N4O2S/c1-4-34(3,33)16-8-5-7-15(13-16)28-20(32)17-14(2)18(22(25,26)27)29-30-19(17)31-11-6-9-21(23,24)10-12-31/h4-5,7-8,13H,6,9-12H2,1-3H3,(H,28,32)/t34-/m0/s1. The Morgan fingerprint density at radius 2 is 1.91 bits per heavy atom. The van der Waals surface area contributed by atoms with E-state index in [0.717, 1.165) is 6.92 Å². The highest BCUT2D eigenvalue weighted by Gasteiger charge is 2.39. The Labute approximate surface area is 194 Å². The number of hydrogen-bond acceptors (Lipinski definition) is 5. The maximum atomic E-state index is 13.8. The van der Waals surface area contributed by atoms with Gasteiger partial charge in [0.2, 0.25) is 5.92 Å². The molecule has 34 heavy (non-hydrogen) atoms. The van der Waals surface area contributed by atoms with Gasteiger partial charge in [-0.25, -0.2) is 8.78 Å². The van der Waals surface area contributed by atoms with Crippen LogP contribution in [0.2, 0.25) is 0 Å². The van der Waals surface area contributed by atoms with Crippen molar-refractivity contribution in [2.75, 3.05) is 29.6 Å². The predicted octanol–water partition coefficient (Wildman–Crippen LogP) is 4.78. The number of halogens is 5. The quantitative estimate of drug-likeness (QED) is 0.479. The molecule has 0 saturated carbocycles. The molecule has 186 valence electrons. The van der Waals surface area contributed by atoms with Crippen LogP contribution in [0.1, 0.15) is 47.8 Å². The van der Waals surface area contributed by atoms with Gasteiger partial charge in [-0.05, 0) is 58.9 Å². The number of hydrogen-bond donors (Lipinski definition) is 1. The molecule has 0 unspecified atom stereocenters. The lowest BCUT2D eigenvalue weighted by Gasteiger charge is -2.25. The highest BCUT2D eigenvalue weighted by atomic mass is 32.2. The Kier molecular flexibility index (Phi) is 7.20. The third-order valence-electron chi connectivity index (χ3n) is 5.72. The van der Waals surface area contributed by atoms with E-state index >= 15 is 0 Å². The molecule has 0 aliphatic carbocycles. The lowest BCUT2D eigenvalue weighted by molar-refractivity contribution is -0.142. The third-order valence-corrected chi connectivity index (χ3v) is 7.81. The molecule has 1 N–H and O–H groups in total. The van der Waals surface area contributed by atoms with Gasteiger partial charge in [0.15, 0.2) is 11.5 Å². The highest BCUT2D eigenvalue weighted by molar-refractivity contribution is 8.00. The summed E-state index contributed by atoms with van der Waals surface area (Å²) >= 11 is 0. The molecule has 0 bridgehead atoms. The molecule has 2 aromatic rings. The highest BCUT2D eigenvalue weighted by Crippen LogP contribution is 2.36. The van der Waals surface area contributed by atoms with Crippen LogP contribution in [-0.4, -0.2) is 50.9 Å². The van der Waals surface area contributed by atoms with E-state index < -0.39 is 50.8 Å². The summed E-state index contributed by atoms with van der Waals surface area (Å²) in [5.41, 5.74) is -1.95. The van der Waals surface area contributed by atoms with Crippen molar-refractivity contribution in [1.29, 1.82) is 0 Å². The van der Waals surface area contributed by atoms with Crippen LogP contribution >= 0.6 is 0 Å². The molecule has 1 aliphatic rings. The van der Waals surface area contributed by atoms with Gasteiger partial charge in [-0.2, -0.15) is 13.2 Å². The molecule has 1 aliphatic heterocycles. The van der Waals surface area contributed by atoms with Gasteiger partial charge in [0.1, 0.15) is 0 Å². The number of benzene rings is 1. The van der Waals surface area contributed by atoms with Crippen LogP contribution in [0.5, 0.6) is 0 Å². The second kappa shape index (κ2) is 9.47. The molecule has 1 aromatic carbocycles. The normalized spacial score (nSPS) is 18.1. The number of carbonyl (C=O) groups excluding carboxylic acids is 1. The number of aromatic nitrogens is 2. The van der Waals surface area contributed by atoms with E-state index in [1.54, 1.807) is 19.1 Å². The molecule has 1 saturated heterocycles. The zero-order chi connectivity index (χ0) is 25.3. The Morgan fingerprint density at radius 1 is 1.21 bits per heavy atom. The van der Waals surface area contributed by atoms with E-state index in [-0.39, 0.29) is 37.4 Å². The Morgan fingerprint density at radius 3 is 2.56 bits per heavy atom. The van der Waals surface area contributed by atoms with Gasteiger partial charge >= 0.3 is 6.18 Å². The maximum absolute atomic E-state index is 13.8. The first-order valence-electron chi connectivity index (χ1n) is 10.5.